The molecule has 0 heterocycles. The predicted molar refractivity (Wildman–Crippen MR) is 87.6 cm³/mol. The Morgan fingerprint density at radius 1 is 0.762 bits per heavy atom. The van der Waals surface area contributed by atoms with Crippen LogP contribution >= 0.6 is 0 Å². The van der Waals surface area contributed by atoms with E-state index in [1.807, 2.05) is 0 Å². The van der Waals surface area contributed by atoms with Crippen molar-refractivity contribution in [2.24, 2.45) is 0 Å². The zero-order valence-electron chi connectivity index (χ0n) is 14.3. The first-order valence-electron chi connectivity index (χ1n) is 8.37. The van der Waals surface area contributed by atoms with Gasteiger partial charge in [0, 0.05) is 0 Å². The summed E-state index contributed by atoms with van der Waals surface area (Å²) in [4.78, 5) is 0. The number of unbranched alkanes of at least 4 members (excludes halogenated alkanes) is 9. The van der Waals surface area contributed by atoms with Gasteiger partial charge in [0.1, 0.15) is 0 Å². The molecule has 0 atom stereocenters. The second kappa shape index (κ2) is 11.4. The molecule has 0 N–H and O–H groups in total. The second-order valence-electron chi connectivity index (χ2n) is 6.61. The molecule has 128 valence electrons. The molecule has 0 radical (unpaired) electrons. The van der Waals surface area contributed by atoms with Crippen molar-refractivity contribution in [3.8, 4) is 0 Å². The van der Waals surface area contributed by atoms with Crippen LogP contribution in [0.4, 0.5) is 0 Å². The Labute approximate surface area is 131 Å². The summed E-state index contributed by atoms with van der Waals surface area (Å²) in [5, 5.41) is 0. The van der Waals surface area contributed by atoms with E-state index in [9.17, 15) is 8.42 Å². The van der Waals surface area contributed by atoms with E-state index in [0.717, 1.165) is 19.3 Å². The zero-order chi connectivity index (χ0) is 16.2. The molecule has 0 bridgehead atoms. The Balaban J connectivity index is 3.40. The van der Waals surface area contributed by atoms with Gasteiger partial charge < -0.3 is 0 Å². The summed E-state index contributed by atoms with van der Waals surface area (Å²) in [6, 6.07) is 0. The summed E-state index contributed by atoms with van der Waals surface area (Å²) >= 11 is 0. The summed E-state index contributed by atoms with van der Waals surface area (Å²) < 4.78 is 32.6. The third kappa shape index (κ3) is 16.1. The van der Waals surface area contributed by atoms with E-state index in [1.165, 1.54) is 44.9 Å². The van der Waals surface area contributed by atoms with E-state index in [1.54, 1.807) is 20.8 Å². The van der Waals surface area contributed by atoms with Crippen molar-refractivity contribution in [3.05, 3.63) is 0 Å². The van der Waals surface area contributed by atoms with Gasteiger partial charge in [0.05, 0.1) is 12.2 Å². The first-order valence-corrected chi connectivity index (χ1v) is 9.70. The van der Waals surface area contributed by atoms with Crippen LogP contribution in [0.2, 0.25) is 0 Å². The fourth-order valence-electron chi connectivity index (χ4n) is 2.08. The summed E-state index contributed by atoms with van der Waals surface area (Å²) in [5.41, 5.74) is -0.739. The average molecular weight is 323 g/mol. The van der Waals surface area contributed by atoms with Gasteiger partial charge in [-0.25, -0.2) is 8.37 Å². The molecule has 0 aromatic heterocycles. The van der Waals surface area contributed by atoms with Crippen molar-refractivity contribution in [2.75, 3.05) is 6.61 Å². The first-order chi connectivity index (χ1) is 9.77. The third-order valence-electron chi connectivity index (χ3n) is 3.08. The molecule has 0 aromatic rings. The van der Waals surface area contributed by atoms with E-state index in [2.05, 4.69) is 6.92 Å². The van der Waals surface area contributed by atoms with Gasteiger partial charge in [-0.05, 0) is 27.2 Å². The van der Waals surface area contributed by atoms with Crippen molar-refractivity contribution in [1.29, 1.82) is 0 Å². The van der Waals surface area contributed by atoms with Crippen LogP contribution in [-0.4, -0.2) is 20.6 Å². The fourth-order valence-corrected chi connectivity index (χ4v) is 3.06. The summed E-state index contributed by atoms with van der Waals surface area (Å²) in [6.45, 7) is 7.51. The van der Waals surface area contributed by atoms with Gasteiger partial charge >= 0.3 is 10.4 Å². The standard InChI is InChI=1S/C16H34O4S/c1-5-6-7-8-9-10-11-12-13-14-15-19-21(17,18)20-16(2,3)4/h5-15H2,1-4H3. The van der Waals surface area contributed by atoms with Crippen molar-refractivity contribution >= 4 is 10.4 Å². The largest absolute Gasteiger partial charge is 0.400 e. The molecule has 0 aliphatic heterocycles. The Hall–Kier alpha value is -0.130. The predicted octanol–water partition coefficient (Wildman–Crippen LogP) is 4.98. The highest BCUT2D eigenvalue weighted by molar-refractivity contribution is 7.81. The minimum atomic E-state index is -3.85. The van der Waals surface area contributed by atoms with Gasteiger partial charge in [-0.2, -0.15) is 8.42 Å². The maximum absolute atomic E-state index is 11.5. The van der Waals surface area contributed by atoms with Gasteiger partial charge in [-0.15, -0.1) is 0 Å². The topological polar surface area (TPSA) is 52.6 Å². The molecule has 0 saturated carbocycles. The van der Waals surface area contributed by atoms with Gasteiger partial charge in [0.15, 0.2) is 0 Å². The van der Waals surface area contributed by atoms with Gasteiger partial charge in [0.25, 0.3) is 0 Å². The van der Waals surface area contributed by atoms with Crippen molar-refractivity contribution in [2.45, 2.75) is 97.5 Å². The Kier molecular flexibility index (Phi) is 11.4. The highest BCUT2D eigenvalue weighted by Crippen LogP contribution is 2.14. The van der Waals surface area contributed by atoms with Crippen LogP contribution in [0.15, 0.2) is 0 Å². The Bertz CT molecular complexity index is 331. The molecule has 5 heteroatoms. The SMILES string of the molecule is CCCCCCCCCCCCOS(=O)(=O)OC(C)(C)C. The van der Waals surface area contributed by atoms with Gasteiger partial charge in [0.2, 0.25) is 0 Å². The molecule has 0 fully saturated rings. The Morgan fingerprint density at radius 2 is 1.19 bits per heavy atom. The van der Waals surface area contributed by atoms with E-state index >= 15 is 0 Å². The van der Waals surface area contributed by atoms with E-state index < -0.39 is 16.0 Å². The van der Waals surface area contributed by atoms with E-state index in [4.69, 9.17) is 8.37 Å². The average Bonchev–Trinajstić information content (AvgIpc) is 2.33. The maximum Gasteiger partial charge on any atom is 0.400 e. The van der Waals surface area contributed by atoms with E-state index in [0.29, 0.717) is 0 Å². The molecule has 0 aliphatic rings. The molecule has 0 aromatic carbocycles. The third-order valence-corrected chi connectivity index (χ3v) is 4.24. The van der Waals surface area contributed by atoms with Gasteiger partial charge in [-0.1, -0.05) is 64.7 Å². The fraction of sp³-hybridized carbons (Fsp3) is 1.00. The van der Waals surface area contributed by atoms with Crippen LogP contribution in [0.3, 0.4) is 0 Å². The van der Waals surface area contributed by atoms with Crippen LogP contribution in [-0.2, 0) is 18.8 Å². The quantitative estimate of drug-likeness (QED) is 0.449. The molecule has 0 rings (SSSR count). The summed E-state index contributed by atoms with van der Waals surface area (Å²) in [7, 11) is -3.85. The zero-order valence-corrected chi connectivity index (χ0v) is 15.1. The molecule has 4 nitrogen and oxygen atoms in total. The minimum Gasteiger partial charge on any atom is -0.248 e. The highest BCUT2D eigenvalue weighted by Gasteiger charge is 2.22. The van der Waals surface area contributed by atoms with Crippen molar-refractivity contribution in [1.82, 2.24) is 0 Å². The van der Waals surface area contributed by atoms with Crippen molar-refractivity contribution < 1.29 is 16.8 Å². The van der Waals surface area contributed by atoms with Crippen LogP contribution < -0.4 is 0 Å². The van der Waals surface area contributed by atoms with Crippen LogP contribution in [0, 0.1) is 0 Å². The molecular weight excluding hydrogens is 288 g/mol. The molecule has 0 spiro atoms. The van der Waals surface area contributed by atoms with Crippen LogP contribution in [0.5, 0.6) is 0 Å². The summed E-state index contributed by atoms with van der Waals surface area (Å²) in [6.07, 6.45) is 12.1. The van der Waals surface area contributed by atoms with Gasteiger partial charge in [-0.3, -0.25) is 0 Å². The molecular formula is C16H34O4S. The monoisotopic (exact) mass is 322 g/mol. The van der Waals surface area contributed by atoms with Crippen molar-refractivity contribution in [3.63, 3.8) is 0 Å². The molecule has 0 amide bonds. The first kappa shape index (κ1) is 20.9. The normalized spacial score (nSPS) is 12.8. The van der Waals surface area contributed by atoms with E-state index in [-0.39, 0.29) is 6.61 Å². The Morgan fingerprint density at radius 3 is 1.62 bits per heavy atom. The lowest BCUT2D eigenvalue weighted by molar-refractivity contribution is 0.103. The molecule has 0 unspecified atom stereocenters. The maximum atomic E-state index is 11.5. The number of hydrogen-bond donors (Lipinski definition) is 0. The summed E-state index contributed by atoms with van der Waals surface area (Å²) in [5.74, 6) is 0. The van der Waals surface area contributed by atoms with Crippen LogP contribution in [0.25, 0.3) is 0 Å². The van der Waals surface area contributed by atoms with Crippen LogP contribution in [0.1, 0.15) is 91.9 Å². The minimum absolute atomic E-state index is 0.217. The lowest BCUT2D eigenvalue weighted by Gasteiger charge is -2.18. The molecule has 0 saturated heterocycles. The highest BCUT2D eigenvalue weighted by atomic mass is 32.3. The lowest BCUT2D eigenvalue weighted by Crippen LogP contribution is -2.25. The lowest BCUT2D eigenvalue weighted by atomic mass is 10.1. The smallest absolute Gasteiger partial charge is 0.248 e. The molecule has 0 aliphatic carbocycles. The molecule has 21 heavy (non-hydrogen) atoms. The number of rotatable bonds is 13. The number of hydrogen-bond acceptors (Lipinski definition) is 4. The second-order valence-corrected chi connectivity index (χ2v) is 7.83.